The lowest BCUT2D eigenvalue weighted by Gasteiger charge is -2.13. The fraction of sp³-hybridized carbons (Fsp3) is 0.0455. The summed E-state index contributed by atoms with van der Waals surface area (Å²) in [5.74, 6) is 0.804. The van der Waals surface area contributed by atoms with Gasteiger partial charge in [0, 0.05) is 5.56 Å². The zero-order valence-corrected chi connectivity index (χ0v) is 15.0. The van der Waals surface area contributed by atoms with Crippen molar-refractivity contribution in [2.24, 2.45) is 0 Å². The van der Waals surface area contributed by atoms with E-state index in [-0.39, 0.29) is 11.8 Å². The summed E-state index contributed by atoms with van der Waals surface area (Å²) in [4.78, 5) is 34.5. The zero-order valence-electron chi connectivity index (χ0n) is 15.0. The molecule has 1 aliphatic rings. The zero-order chi connectivity index (χ0) is 19.3. The van der Waals surface area contributed by atoms with Gasteiger partial charge < -0.3 is 9.72 Å². The van der Waals surface area contributed by atoms with Crippen LogP contribution in [0.4, 0.5) is 5.69 Å². The number of nitrogens with zero attached hydrogens (tertiary/aromatic N) is 2. The number of aromatic nitrogens is 2. The van der Waals surface area contributed by atoms with E-state index in [0.717, 1.165) is 22.3 Å². The predicted octanol–water partition coefficient (Wildman–Crippen LogP) is 4.04. The van der Waals surface area contributed by atoms with Crippen molar-refractivity contribution in [3.05, 3.63) is 77.9 Å². The van der Waals surface area contributed by atoms with E-state index in [1.165, 1.54) is 4.90 Å². The number of amides is 2. The van der Waals surface area contributed by atoms with Crippen molar-refractivity contribution in [3.63, 3.8) is 0 Å². The maximum Gasteiger partial charge on any atom is 0.266 e. The van der Waals surface area contributed by atoms with Crippen LogP contribution in [-0.4, -0.2) is 28.9 Å². The number of imide groups is 1. The molecule has 136 valence electrons. The van der Waals surface area contributed by atoms with E-state index in [4.69, 9.17) is 4.74 Å². The molecule has 0 saturated heterocycles. The number of benzene rings is 3. The number of H-pyrrole nitrogens is 1. The number of ether oxygens (including phenoxy) is 1. The number of anilines is 1. The van der Waals surface area contributed by atoms with E-state index in [0.29, 0.717) is 22.6 Å². The quantitative estimate of drug-likeness (QED) is 0.553. The molecule has 0 aliphatic carbocycles. The minimum absolute atomic E-state index is 0.313. The number of imidazole rings is 1. The van der Waals surface area contributed by atoms with Gasteiger partial charge in [-0.15, -0.1) is 0 Å². The molecule has 0 saturated carbocycles. The predicted molar refractivity (Wildman–Crippen MR) is 106 cm³/mol. The van der Waals surface area contributed by atoms with Gasteiger partial charge in [0.05, 0.1) is 35.0 Å². The van der Waals surface area contributed by atoms with Crippen LogP contribution >= 0.6 is 0 Å². The number of fused-ring (bicyclic) bond motifs is 2. The van der Waals surface area contributed by atoms with E-state index in [2.05, 4.69) is 9.97 Å². The molecule has 1 aromatic heterocycles. The first-order valence-corrected chi connectivity index (χ1v) is 8.78. The number of carbonyl (C=O) groups excluding carboxylic acids is 2. The minimum atomic E-state index is -0.313. The highest BCUT2D eigenvalue weighted by molar-refractivity contribution is 6.34. The Morgan fingerprint density at radius 2 is 1.64 bits per heavy atom. The first-order valence-electron chi connectivity index (χ1n) is 8.78. The number of rotatable bonds is 3. The average molecular weight is 369 g/mol. The van der Waals surface area contributed by atoms with Crippen LogP contribution in [-0.2, 0) is 0 Å². The normalized spacial score (nSPS) is 13.2. The van der Waals surface area contributed by atoms with Crippen LogP contribution in [0.15, 0.2) is 66.7 Å². The Hall–Kier alpha value is -3.93. The average Bonchev–Trinajstić information content (AvgIpc) is 3.27. The van der Waals surface area contributed by atoms with Crippen molar-refractivity contribution >= 4 is 28.5 Å². The van der Waals surface area contributed by atoms with Crippen LogP contribution in [0.5, 0.6) is 5.75 Å². The van der Waals surface area contributed by atoms with Crippen molar-refractivity contribution in [3.8, 4) is 17.1 Å². The summed E-state index contributed by atoms with van der Waals surface area (Å²) >= 11 is 0. The van der Waals surface area contributed by atoms with Crippen LogP contribution in [0.2, 0.25) is 0 Å². The van der Waals surface area contributed by atoms with Crippen molar-refractivity contribution in [1.29, 1.82) is 0 Å². The van der Waals surface area contributed by atoms with Crippen LogP contribution in [0.3, 0.4) is 0 Å². The van der Waals surface area contributed by atoms with E-state index in [1.807, 2.05) is 24.3 Å². The largest absolute Gasteiger partial charge is 0.497 e. The van der Waals surface area contributed by atoms with Crippen LogP contribution in [0.1, 0.15) is 20.7 Å². The molecule has 5 rings (SSSR count). The Bertz CT molecular complexity index is 1220. The van der Waals surface area contributed by atoms with Crippen molar-refractivity contribution < 1.29 is 14.3 Å². The van der Waals surface area contributed by atoms with Gasteiger partial charge in [0.25, 0.3) is 11.8 Å². The Morgan fingerprint density at radius 1 is 0.893 bits per heavy atom. The van der Waals surface area contributed by atoms with Gasteiger partial charge in [0.2, 0.25) is 0 Å². The molecule has 0 radical (unpaired) electrons. The van der Waals surface area contributed by atoms with Gasteiger partial charge in [-0.2, -0.15) is 0 Å². The number of methoxy groups -OCH3 is 1. The first kappa shape index (κ1) is 16.3. The standard InChI is InChI=1S/C22H15N3O3/c1-28-15-6-4-5-13(11-15)20-23-18-10-9-14(12-19(18)24-20)25-21(26)16-7-2-3-8-17(16)22(25)27/h2-12H,1H3,(H,23,24). The first-order chi connectivity index (χ1) is 13.7. The second kappa shape index (κ2) is 6.06. The summed E-state index contributed by atoms with van der Waals surface area (Å²) in [6, 6.07) is 19.8. The Kier molecular flexibility index (Phi) is 3.52. The molecule has 1 N–H and O–H groups in total. The van der Waals surface area contributed by atoms with Crippen LogP contribution in [0.25, 0.3) is 22.4 Å². The molecular weight excluding hydrogens is 354 g/mol. The monoisotopic (exact) mass is 369 g/mol. The maximum atomic E-state index is 12.7. The molecule has 0 atom stereocenters. The molecule has 4 aromatic rings. The van der Waals surface area contributed by atoms with Gasteiger partial charge in [-0.3, -0.25) is 9.59 Å². The molecule has 28 heavy (non-hydrogen) atoms. The molecule has 6 heteroatoms. The number of hydrogen-bond donors (Lipinski definition) is 1. The lowest BCUT2D eigenvalue weighted by molar-refractivity contribution is 0.0926. The fourth-order valence-corrected chi connectivity index (χ4v) is 3.47. The fourth-order valence-electron chi connectivity index (χ4n) is 3.47. The van der Waals surface area contributed by atoms with Crippen molar-refractivity contribution in [2.45, 2.75) is 0 Å². The highest BCUT2D eigenvalue weighted by Crippen LogP contribution is 2.31. The summed E-state index contributed by atoms with van der Waals surface area (Å²) in [7, 11) is 1.62. The lowest BCUT2D eigenvalue weighted by Crippen LogP contribution is -2.29. The molecule has 0 fully saturated rings. The van der Waals surface area contributed by atoms with Gasteiger partial charge in [-0.1, -0.05) is 24.3 Å². The van der Waals surface area contributed by atoms with Crippen molar-refractivity contribution in [1.82, 2.24) is 9.97 Å². The van der Waals surface area contributed by atoms with Gasteiger partial charge in [0.1, 0.15) is 11.6 Å². The molecule has 0 unspecified atom stereocenters. The minimum Gasteiger partial charge on any atom is -0.497 e. The summed E-state index contributed by atoms with van der Waals surface area (Å²) in [5.41, 5.74) is 3.74. The van der Waals surface area contributed by atoms with Gasteiger partial charge >= 0.3 is 0 Å². The summed E-state index contributed by atoms with van der Waals surface area (Å²) in [6.07, 6.45) is 0. The third kappa shape index (κ3) is 2.39. The number of hydrogen-bond acceptors (Lipinski definition) is 4. The SMILES string of the molecule is COc1cccc(-c2nc3ccc(N4C(=O)c5ccccc5C4=O)cc3[nH]2)c1. The molecule has 0 spiro atoms. The molecule has 3 aromatic carbocycles. The van der Waals surface area contributed by atoms with E-state index >= 15 is 0 Å². The summed E-state index contributed by atoms with van der Waals surface area (Å²) < 4.78 is 5.27. The van der Waals surface area contributed by atoms with Gasteiger partial charge in [0.15, 0.2) is 0 Å². The molecule has 0 bridgehead atoms. The second-order valence-electron chi connectivity index (χ2n) is 6.51. The number of carbonyl (C=O) groups is 2. The third-order valence-electron chi connectivity index (χ3n) is 4.86. The Morgan fingerprint density at radius 3 is 2.36 bits per heavy atom. The van der Waals surface area contributed by atoms with Gasteiger partial charge in [-0.05, 0) is 42.5 Å². The molecule has 2 heterocycles. The Labute approximate surface area is 160 Å². The number of nitrogens with one attached hydrogen (secondary N) is 1. The van der Waals surface area contributed by atoms with Crippen LogP contribution < -0.4 is 9.64 Å². The van der Waals surface area contributed by atoms with Crippen LogP contribution in [0, 0.1) is 0 Å². The number of aromatic amines is 1. The van der Waals surface area contributed by atoms with E-state index < -0.39 is 0 Å². The highest BCUT2D eigenvalue weighted by atomic mass is 16.5. The van der Waals surface area contributed by atoms with Gasteiger partial charge in [-0.25, -0.2) is 9.88 Å². The topological polar surface area (TPSA) is 75.3 Å². The lowest BCUT2D eigenvalue weighted by atomic mass is 10.1. The summed E-state index contributed by atoms with van der Waals surface area (Å²) in [6.45, 7) is 0. The second-order valence-corrected chi connectivity index (χ2v) is 6.51. The molecule has 1 aliphatic heterocycles. The highest BCUT2D eigenvalue weighted by Gasteiger charge is 2.36. The molecule has 2 amide bonds. The summed E-state index contributed by atoms with van der Waals surface area (Å²) in [5, 5.41) is 0. The molecular formula is C22H15N3O3. The maximum absolute atomic E-state index is 12.7. The van der Waals surface area contributed by atoms with Crippen molar-refractivity contribution in [2.75, 3.05) is 12.0 Å². The third-order valence-corrected chi connectivity index (χ3v) is 4.86. The van der Waals surface area contributed by atoms with E-state index in [1.54, 1.807) is 49.6 Å². The molecule has 6 nitrogen and oxygen atoms in total. The smallest absolute Gasteiger partial charge is 0.266 e. The Balaban J connectivity index is 1.56. The van der Waals surface area contributed by atoms with E-state index in [9.17, 15) is 9.59 Å².